The Balaban J connectivity index is 4.60. The first-order valence-electron chi connectivity index (χ1n) is 3.92. The highest BCUT2D eigenvalue weighted by atomic mass is 35.5. The largest absolute Gasteiger partial charge is 0.214 e. The highest BCUT2D eigenvalue weighted by Crippen LogP contribution is 2.12. The zero-order chi connectivity index (χ0) is 10.7. The molecule has 0 bridgehead atoms. The number of halogens is 2. The summed E-state index contributed by atoms with van der Waals surface area (Å²) >= 11 is 11.2. The SMILES string of the molecule is CC(C)S(=O)(=O)NC(C)(CCl)CCl. The lowest BCUT2D eigenvalue weighted by atomic mass is 10.1. The predicted octanol–water partition coefficient (Wildman–Crippen LogP) is 1.55. The van der Waals surface area contributed by atoms with E-state index in [1.54, 1.807) is 20.8 Å². The van der Waals surface area contributed by atoms with Crippen molar-refractivity contribution in [2.45, 2.75) is 31.6 Å². The minimum Gasteiger partial charge on any atom is -0.212 e. The van der Waals surface area contributed by atoms with Crippen molar-refractivity contribution >= 4 is 33.2 Å². The molecule has 1 N–H and O–H groups in total. The van der Waals surface area contributed by atoms with Gasteiger partial charge in [-0.15, -0.1) is 23.2 Å². The molecule has 0 radical (unpaired) electrons. The van der Waals surface area contributed by atoms with Gasteiger partial charge in [-0.05, 0) is 20.8 Å². The van der Waals surface area contributed by atoms with E-state index in [0.29, 0.717) is 0 Å². The van der Waals surface area contributed by atoms with E-state index in [2.05, 4.69) is 4.72 Å². The summed E-state index contributed by atoms with van der Waals surface area (Å²) in [5.74, 6) is 0.310. The lowest BCUT2D eigenvalue weighted by Crippen LogP contribution is -2.51. The van der Waals surface area contributed by atoms with Gasteiger partial charge in [-0.3, -0.25) is 0 Å². The van der Waals surface area contributed by atoms with Crippen LogP contribution >= 0.6 is 23.2 Å². The smallest absolute Gasteiger partial charge is 0.212 e. The highest BCUT2D eigenvalue weighted by Gasteiger charge is 2.29. The number of sulfonamides is 1. The molecule has 0 amide bonds. The van der Waals surface area contributed by atoms with E-state index < -0.39 is 20.8 Å². The van der Waals surface area contributed by atoms with E-state index in [-0.39, 0.29) is 11.8 Å². The second-order valence-electron chi connectivity index (χ2n) is 3.52. The molecule has 0 atom stereocenters. The van der Waals surface area contributed by atoms with Crippen molar-refractivity contribution in [2.75, 3.05) is 11.8 Å². The van der Waals surface area contributed by atoms with Crippen LogP contribution in [0.5, 0.6) is 0 Å². The number of hydrogen-bond donors (Lipinski definition) is 1. The first-order chi connectivity index (χ1) is 5.77. The number of nitrogens with one attached hydrogen (secondary N) is 1. The van der Waals surface area contributed by atoms with Gasteiger partial charge in [0.05, 0.1) is 10.8 Å². The van der Waals surface area contributed by atoms with E-state index in [9.17, 15) is 8.42 Å². The van der Waals surface area contributed by atoms with E-state index in [1.165, 1.54) is 0 Å². The van der Waals surface area contributed by atoms with Gasteiger partial charge in [0.2, 0.25) is 10.0 Å². The van der Waals surface area contributed by atoms with Crippen LogP contribution < -0.4 is 4.72 Å². The van der Waals surface area contributed by atoms with E-state index >= 15 is 0 Å². The van der Waals surface area contributed by atoms with Crippen LogP contribution in [0.2, 0.25) is 0 Å². The Kier molecular flexibility index (Phi) is 5.00. The van der Waals surface area contributed by atoms with E-state index in [0.717, 1.165) is 0 Å². The van der Waals surface area contributed by atoms with Crippen molar-refractivity contribution in [3.05, 3.63) is 0 Å². The molecule has 80 valence electrons. The molecular formula is C7H15Cl2NO2S. The van der Waals surface area contributed by atoms with Crippen LogP contribution in [0.15, 0.2) is 0 Å². The van der Waals surface area contributed by atoms with Gasteiger partial charge in [0.1, 0.15) is 0 Å². The highest BCUT2D eigenvalue weighted by molar-refractivity contribution is 7.90. The van der Waals surface area contributed by atoms with Gasteiger partial charge in [0, 0.05) is 11.8 Å². The van der Waals surface area contributed by atoms with Gasteiger partial charge in [0.25, 0.3) is 0 Å². The second-order valence-corrected chi connectivity index (χ2v) is 6.30. The predicted molar refractivity (Wildman–Crippen MR) is 57.0 cm³/mol. The molecule has 0 unspecified atom stereocenters. The normalized spacial score (nSPS) is 13.7. The molecule has 6 heteroatoms. The minimum absolute atomic E-state index is 0.155. The van der Waals surface area contributed by atoms with Crippen molar-refractivity contribution in [3.63, 3.8) is 0 Å². The maximum Gasteiger partial charge on any atom is 0.214 e. The lowest BCUT2D eigenvalue weighted by molar-refractivity contribution is 0.495. The fraction of sp³-hybridized carbons (Fsp3) is 1.00. The van der Waals surface area contributed by atoms with Crippen molar-refractivity contribution in [1.82, 2.24) is 4.72 Å². The Hall–Kier alpha value is 0.490. The summed E-state index contributed by atoms with van der Waals surface area (Å²) < 4.78 is 25.3. The summed E-state index contributed by atoms with van der Waals surface area (Å²) in [6, 6.07) is 0. The summed E-state index contributed by atoms with van der Waals surface area (Å²) in [5, 5.41) is -0.474. The van der Waals surface area contributed by atoms with Gasteiger partial charge in [-0.1, -0.05) is 0 Å². The van der Waals surface area contributed by atoms with Crippen LogP contribution in [-0.4, -0.2) is 31.0 Å². The molecule has 0 aromatic heterocycles. The first-order valence-corrected chi connectivity index (χ1v) is 6.53. The van der Waals surface area contributed by atoms with Crippen LogP contribution in [0.3, 0.4) is 0 Å². The molecular weight excluding hydrogens is 233 g/mol. The summed E-state index contributed by atoms with van der Waals surface area (Å²) in [7, 11) is -3.30. The fourth-order valence-electron chi connectivity index (χ4n) is 0.552. The van der Waals surface area contributed by atoms with Gasteiger partial charge < -0.3 is 0 Å². The molecule has 0 saturated heterocycles. The third-order valence-corrected chi connectivity index (χ3v) is 4.80. The Morgan fingerprint density at radius 2 is 1.69 bits per heavy atom. The molecule has 0 saturated carbocycles. The molecule has 0 aromatic carbocycles. The third kappa shape index (κ3) is 4.02. The zero-order valence-electron chi connectivity index (χ0n) is 7.97. The van der Waals surface area contributed by atoms with E-state index in [4.69, 9.17) is 23.2 Å². The molecule has 0 aromatic rings. The summed E-state index contributed by atoms with van der Waals surface area (Å²) in [4.78, 5) is 0. The summed E-state index contributed by atoms with van der Waals surface area (Å²) in [6.45, 7) is 4.88. The average Bonchev–Trinajstić information content (AvgIpc) is 2.03. The van der Waals surface area contributed by atoms with Crippen molar-refractivity contribution in [1.29, 1.82) is 0 Å². The molecule has 0 heterocycles. The topological polar surface area (TPSA) is 46.2 Å². The molecule has 0 spiro atoms. The monoisotopic (exact) mass is 247 g/mol. The van der Waals surface area contributed by atoms with Gasteiger partial charge in [0.15, 0.2) is 0 Å². The third-order valence-electron chi connectivity index (χ3n) is 1.60. The maximum atomic E-state index is 11.4. The first kappa shape index (κ1) is 13.5. The Labute approximate surface area is 89.8 Å². The zero-order valence-corrected chi connectivity index (χ0v) is 10.3. The van der Waals surface area contributed by atoms with Gasteiger partial charge in [-0.25, -0.2) is 13.1 Å². The van der Waals surface area contributed by atoms with Crippen LogP contribution in [0, 0.1) is 0 Å². The maximum absolute atomic E-state index is 11.4. The second kappa shape index (κ2) is 4.82. The Morgan fingerprint density at radius 3 is 1.92 bits per heavy atom. The molecule has 0 aliphatic heterocycles. The van der Waals surface area contributed by atoms with E-state index in [1.807, 2.05) is 0 Å². The molecule has 0 rings (SSSR count). The number of alkyl halides is 2. The summed E-state index contributed by atoms with van der Waals surface area (Å²) in [5.41, 5.74) is -0.758. The van der Waals surface area contributed by atoms with Crippen LogP contribution in [0.1, 0.15) is 20.8 Å². The van der Waals surface area contributed by atoms with Crippen molar-refractivity contribution in [3.8, 4) is 0 Å². The molecule has 3 nitrogen and oxygen atoms in total. The Morgan fingerprint density at radius 1 is 1.31 bits per heavy atom. The standard InChI is InChI=1S/C7H15Cl2NO2S/c1-6(2)13(11,12)10-7(3,4-8)5-9/h6,10H,4-5H2,1-3H3. The fourth-order valence-corrected chi connectivity index (χ4v) is 2.20. The molecule has 0 aliphatic carbocycles. The lowest BCUT2D eigenvalue weighted by Gasteiger charge is -2.26. The summed E-state index contributed by atoms with van der Waals surface area (Å²) in [6.07, 6.45) is 0. The minimum atomic E-state index is -3.30. The Bertz CT molecular complexity index is 247. The van der Waals surface area contributed by atoms with Crippen molar-refractivity contribution in [2.24, 2.45) is 0 Å². The van der Waals surface area contributed by atoms with Crippen LogP contribution in [0.4, 0.5) is 0 Å². The number of hydrogen-bond acceptors (Lipinski definition) is 2. The average molecular weight is 248 g/mol. The molecule has 13 heavy (non-hydrogen) atoms. The van der Waals surface area contributed by atoms with Gasteiger partial charge in [-0.2, -0.15) is 0 Å². The van der Waals surface area contributed by atoms with Crippen LogP contribution in [0.25, 0.3) is 0 Å². The van der Waals surface area contributed by atoms with Crippen molar-refractivity contribution < 1.29 is 8.42 Å². The van der Waals surface area contributed by atoms with Gasteiger partial charge >= 0.3 is 0 Å². The molecule has 0 aliphatic rings. The number of rotatable bonds is 5. The molecule has 0 fully saturated rings. The van der Waals surface area contributed by atoms with Crippen LogP contribution in [-0.2, 0) is 10.0 Å². The quantitative estimate of drug-likeness (QED) is 0.750.